The minimum atomic E-state index is -1.39. The average Bonchev–Trinajstić information content (AvgIpc) is 2.34. The van der Waals surface area contributed by atoms with Gasteiger partial charge in [-0.1, -0.05) is 46.3 Å². The molecule has 0 spiro atoms. The summed E-state index contributed by atoms with van der Waals surface area (Å²) in [6.07, 6.45) is 3.10. The number of alkyl halides is 1. The largest absolute Gasteiger partial charge is 0.464 e. The van der Waals surface area contributed by atoms with Crippen LogP contribution in [0.1, 0.15) is 18.1 Å². The molecule has 1 aromatic rings. The molecule has 1 aliphatic rings. The lowest BCUT2D eigenvalue weighted by Crippen LogP contribution is -2.40. The molecule has 1 aromatic carbocycles. The molecule has 17 heavy (non-hydrogen) atoms. The summed E-state index contributed by atoms with van der Waals surface area (Å²) in [4.78, 5) is 23.9. The van der Waals surface area contributed by atoms with Crippen LogP contribution in [0.3, 0.4) is 0 Å². The number of carbonyl (C=O) groups excluding carboxylic acids is 2. The van der Waals surface area contributed by atoms with E-state index in [1.54, 1.807) is 25.1 Å². The number of ketones is 1. The number of hydrogen-bond acceptors (Lipinski definition) is 3. The number of allylic oxidation sites excluding steroid dienone is 1. The fraction of sp³-hybridized carbons (Fsp3) is 0.231. The van der Waals surface area contributed by atoms with Gasteiger partial charge in [0.25, 0.3) is 0 Å². The van der Waals surface area contributed by atoms with Crippen molar-refractivity contribution in [2.45, 2.75) is 11.2 Å². The van der Waals surface area contributed by atoms with Crippen molar-refractivity contribution in [2.24, 2.45) is 0 Å². The maximum atomic E-state index is 12.0. The zero-order valence-electron chi connectivity index (χ0n) is 9.27. The van der Waals surface area contributed by atoms with Crippen molar-refractivity contribution < 1.29 is 14.3 Å². The third kappa shape index (κ3) is 1.82. The maximum absolute atomic E-state index is 12.0. The summed E-state index contributed by atoms with van der Waals surface area (Å²) in [6, 6.07) is 7.26. The molecule has 0 saturated heterocycles. The zero-order chi connectivity index (χ0) is 12.5. The highest BCUT2D eigenvalue weighted by atomic mass is 79.9. The van der Waals surface area contributed by atoms with E-state index in [0.29, 0.717) is 5.56 Å². The molecule has 0 saturated carbocycles. The first-order valence-corrected chi connectivity index (χ1v) is 6.08. The van der Waals surface area contributed by atoms with Crippen LogP contribution in [0.25, 0.3) is 6.08 Å². The normalized spacial score (nSPS) is 22.1. The van der Waals surface area contributed by atoms with E-state index in [4.69, 9.17) is 4.74 Å². The van der Waals surface area contributed by atoms with E-state index < -0.39 is 10.3 Å². The molecule has 88 valence electrons. The molecular weight excluding hydrogens is 284 g/mol. The summed E-state index contributed by atoms with van der Waals surface area (Å²) in [6.45, 7) is 1.95. The van der Waals surface area contributed by atoms with Crippen molar-refractivity contribution in [3.05, 3.63) is 41.5 Å². The molecule has 0 bridgehead atoms. The van der Waals surface area contributed by atoms with Gasteiger partial charge in [0, 0.05) is 0 Å². The summed E-state index contributed by atoms with van der Waals surface area (Å²) in [5.74, 6) is -0.878. The van der Waals surface area contributed by atoms with E-state index in [1.807, 2.05) is 12.1 Å². The van der Waals surface area contributed by atoms with Crippen LogP contribution in [-0.4, -0.2) is 18.4 Å². The van der Waals surface area contributed by atoms with Crippen molar-refractivity contribution in [3.8, 4) is 0 Å². The van der Waals surface area contributed by atoms with Gasteiger partial charge in [0.05, 0.1) is 6.61 Å². The van der Waals surface area contributed by atoms with Gasteiger partial charge in [-0.2, -0.15) is 0 Å². The van der Waals surface area contributed by atoms with Crippen molar-refractivity contribution in [1.29, 1.82) is 0 Å². The van der Waals surface area contributed by atoms with E-state index in [9.17, 15) is 9.59 Å². The first-order chi connectivity index (χ1) is 8.10. The van der Waals surface area contributed by atoms with E-state index in [0.717, 1.165) is 5.56 Å². The van der Waals surface area contributed by atoms with Crippen LogP contribution >= 0.6 is 15.9 Å². The second kappa shape index (κ2) is 4.45. The monoisotopic (exact) mass is 294 g/mol. The fourth-order valence-electron chi connectivity index (χ4n) is 1.81. The number of benzene rings is 1. The third-order valence-electron chi connectivity index (χ3n) is 2.64. The van der Waals surface area contributed by atoms with Crippen LogP contribution in [-0.2, 0) is 18.7 Å². The lowest BCUT2D eigenvalue weighted by molar-refractivity contribution is -0.148. The molecule has 0 fully saturated rings. The Morgan fingerprint density at radius 2 is 2.06 bits per heavy atom. The average molecular weight is 295 g/mol. The Morgan fingerprint density at radius 3 is 2.76 bits per heavy atom. The first-order valence-electron chi connectivity index (χ1n) is 5.29. The summed E-state index contributed by atoms with van der Waals surface area (Å²) < 4.78 is 3.58. The smallest absolute Gasteiger partial charge is 0.335 e. The molecule has 0 radical (unpaired) electrons. The number of rotatable bonds is 2. The minimum absolute atomic E-state index is 0.241. The van der Waals surface area contributed by atoms with Crippen molar-refractivity contribution in [3.63, 3.8) is 0 Å². The van der Waals surface area contributed by atoms with Crippen LogP contribution < -0.4 is 0 Å². The van der Waals surface area contributed by atoms with Gasteiger partial charge in [0.2, 0.25) is 4.32 Å². The molecule has 2 rings (SSSR count). The molecule has 0 N–H and O–H groups in total. The molecule has 1 aliphatic carbocycles. The Bertz CT molecular complexity index is 507. The lowest BCUT2D eigenvalue weighted by Gasteiger charge is -2.27. The predicted molar refractivity (Wildman–Crippen MR) is 67.7 cm³/mol. The van der Waals surface area contributed by atoms with Crippen LogP contribution in [0.15, 0.2) is 30.3 Å². The molecule has 3 nitrogen and oxygen atoms in total. The Hall–Kier alpha value is -1.42. The van der Waals surface area contributed by atoms with Crippen molar-refractivity contribution >= 4 is 33.8 Å². The van der Waals surface area contributed by atoms with Crippen LogP contribution in [0.4, 0.5) is 0 Å². The highest BCUT2D eigenvalue weighted by Gasteiger charge is 2.47. The van der Waals surface area contributed by atoms with Gasteiger partial charge in [-0.15, -0.1) is 0 Å². The SMILES string of the molecule is CCOC(=O)C1(Br)C(=O)C=Cc2ccccc21. The highest BCUT2D eigenvalue weighted by Crippen LogP contribution is 2.39. The standard InChI is InChI=1S/C13H11BrO3/c1-2-17-12(16)13(14)10-6-4-3-5-9(10)7-8-11(13)15/h3-8H,2H2,1H3. The van der Waals surface area contributed by atoms with E-state index >= 15 is 0 Å². The zero-order valence-corrected chi connectivity index (χ0v) is 10.9. The summed E-state index contributed by atoms with van der Waals surface area (Å²) >= 11 is 3.25. The van der Waals surface area contributed by atoms with Gasteiger partial charge in [0.15, 0.2) is 5.78 Å². The summed E-state index contributed by atoms with van der Waals surface area (Å²) in [5, 5.41) is 0. The third-order valence-corrected chi connectivity index (χ3v) is 3.78. The number of ether oxygens (including phenoxy) is 1. The Balaban J connectivity index is 2.56. The molecule has 0 amide bonds. The highest BCUT2D eigenvalue weighted by molar-refractivity contribution is 9.10. The molecule has 0 aliphatic heterocycles. The Kier molecular flexibility index (Phi) is 3.15. The van der Waals surface area contributed by atoms with Gasteiger partial charge in [-0.05, 0) is 24.1 Å². The van der Waals surface area contributed by atoms with Gasteiger partial charge in [-0.25, -0.2) is 4.79 Å². The number of halogens is 1. The summed E-state index contributed by atoms with van der Waals surface area (Å²) in [7, 11) is 0. The van der Waals surface area contributed by atoms with Gasteiger partial charge >= 0.3 is 5.97 Å². The molecule has 1 unspecified atom stereocenters. The molecule has 0 heterocycles. The quantitative estimate of drug-likeness (QED) is 0.478. The second-order valence-electron chi connectivity index (χ2n) is 3.66. The fourth-order valence-corrected chi connectivity index (χ4v) is 2.42. The minimum Gasteiger partial charge on any atom is -0.464 e. The summed E-state index contributed by atoms with van der Waals surface area (Å²) in [5.41, 5.74) is 1.47. The van der Waals surface area contributed by atoms with E-state index in [1.165, 1.54) is 6.08 Å². The van der Waals surface area contributed by atoms with Crippen molar-refractivity contribution in [2.75, 3.05) is 6.61 Å². The molecular formula is C13H11BrO3. The molecule has 4 heteroatoms. The van der Waals surface area contributed by atoms with Crippen LogP contribution in [0, 0.1) is 0 Å². The number of carbonyl (C=O) groups is 2. The van der Waals surface area contributed by atoms with Gasteiger partial charge in [-0.3, -0.25) is 4.79 Å². The first kappa shape index (κ1) is 12.0. The topological polar surface area (TPSA) is 43.4 Å². The second-order valence-corrected chi connectivity index (χ2v) is 4.85. The molecule has 0 aromatic heterocycles. The predicted octanol–water partition coefficient (Wildman–Crippen LogP) is 2.44. The van der Waals surface area contributed by atoms with Crippen molar-refractivity contribution in [1.82, 2.24) is 0 Å². The number of esters is 1. The molecule has 1 atom stereocenters. The van der Waals surface area contributed by atoms with E-state index in [2.05, 4.69) is 15.9 Å². The van der Waals surface area contributed by atoms with Gasteiger partial charge < -0.3 is 4.74 Å². The number of hydrogen-bond donors (Lipinski definition) is 0. The van der Waals surface area contributed by atoms with Crippen LogP contribution in [0.2, 0.25) is 0 Å². The van der Waals surface area contributed by atoms with Gasteiger partial charge in [0.1, 0.15) is 0 Å². The lowest BCUT2D eigenvalue weighted by atomic mass is 9.86. The van der Waals surface area contributed by atoms with E-state index in [-0.39, 0.29) is 12.4 Å². The number of fused-ring (bicyclic) bond motifs is 1. The Labute approximate surface area is 108 Å². The Morgan fingerprint density at radius 1 is 1.35 bits per heavy atom. The van der Waals surface area contributed by atoms with Crippen LogP contribution in [0.5, 0.6) is 0 Å². The maximum Gasteiger partial charge on any atom is 0.335 e.